The zero-order valence-electron chi connectivity index (χ0n) is 10.1. The van der Waals surface area contributed by atoms with Gasteiger partial charge >= 0.3 is 5.97 Å². The lowest BCUT2D eigenvalue weighted by molar-refractivity contribution is -0.137. The van der Waals surface area contributed by atoms with Crippen molar-refractivity contribution in [3.05, 3.63) is 16.3 Å². The smallest absolute Gasteiger partial charge is 0.323 e. The predicted molar refractivity (Wildman–Crippen MR) is 67.1 cm³/mol. The summed E-state index contributed by atoms with van der Waals surface area (Å²) in [6.07, 6.45) is 2.16. The normalized spacial score (nSPS) is 14.3. The Balaban J connectivity index is 2.07. The first-order chi connectivity index (χ1) is 8.60. The van der Waals surface area contributed by atoms with Gasteiger partial charge in [-0.3, -0.25) is 9.59 Å². The van der Waals surface area contributed by atoms with E-state index in [2.05, 4.69) is 0 Å². The number of aliphatic carboxylic acids is 1. The summed E-state index contributed by atoms with van der Waals surface area (Å²) in [7, 11) is 1.54. The Bertz CT molecular complexity index is 453. The van der Waals surface area contributed by atoms with Crippen LogP contribution >= 0.6 is 11.3 Å². The fourth-order valence-corrected chi connectivity index (χ4v) is 2.51. The van der Waals surface area contributed by atoms with Gasteiger partial charge in [0.1, 0.15) is 12.3 Å². The van der Waals surface area contributed by atoms with Crippen LogP contribution in [0.2, 0.25) is 0 Å². The van der Waals surface area contributed by atoms with Gasteiger partial charge in [-0.1, -0.05) is 0 Å². The second-order valence-electron chi connectivity index (χ2n) is 4.37. The molecular weight excluding hydrogens is 254 g/mol. The second-order valence-corrected chi connectivity index (χ2v) is 5.28. The lowest BCUT2D eigenvalue weighted by Gasteiger charge is -2.19. The lowest BCUT2D eigenvalue weighted by Crippen LogP contribution is -2.36. The topological polar surface area (TPSA) is 66.8 Å². The Morgan fingerprint density at radius 1 is 1.56 bits per heavy atom. The van der Waals surface area contributed by atoms with E-state index in [4.69, 9.17) is 9.84 Å². The maximum absolute atomic E-state index is 12.2. The van der Waals surface area contributed by atoms with Crippen LogP contribution in [0.3, 0.4) is 0 Å². The maximum atomic E-state index is 12.2. The van der Waals surface area contributed by atoms with E-state index < -0.39 is 5.97 Å². The highest BCUT2D eigenvalue weighted by Crippen LogP contribution is 2.31. The Hall–Kier alpha value is -1.56. The molecule has 98 valence electrons. The molecule has 1 N–H and O–H groups in total. The maximum Gasteiger partial charge on any atom is 0.323 e. The number of carbonyl (C=O) groups is 2. The van der Waals surface area contributed by atoms with E-state index in [0.29, 0.717) is 23.1 Å². The van der Waals surface area contributed by atoms with Gasteiger partial charge in [0.2, 0.25) is 0 Å². The summed E-state index contributed by atoms with van der Waals surface area (Å²) in [5, 5.41) is 10.6. The van der Waals surface area contributed by atoms with Crippen LogP contribution in [0.4, 0.5) is 0 Å². The molecule has 1 fully saturated rings. The van der Waals surface area contributed by atoms with Gasteiger partial charge in [0, 0.05) is 18.0 Å². The van der Waals surface area contributed by atoms with Crippen molar-refractivity contribution in [3.63, 3.8) is 0 Å². The van der Waals surface area contributed by atoms with Crippen LogP contribution in [-0.4, -0.2) is 42.1 Å². The SMILES string of the molecule is COc1csc(C(=O)N(CC(=O)O)CC2CC2)c1. The average molecular weight is 269 g/mol. The molecule has 0 bridgehead atoms. The molecule has 18 heavy (non-hydrogen) atoms. The van der Waals surface area contributed by atoms with E-state index in [0.717, 1.165) is 12.8 Å². The molecule has 0 radical (unpaired) electrons. The minimum atomic E-state index is -0.979. The quantitative estimate of drug-likeness (QED) is 0.853. The van der Waals surface area contributed by atoms with Crippen LogP contribution in [0.5, 0.6) is 5.75 Å². The molecular formula is C12H15NO4S. The molecule has 1 amide bonds. The van der Waals surface area contributed by atoms with Crippen molar-refractivity contribution in [1.29, 1.82) is 0 Å². The van der Waals surface area contributed by atoms with E-state index in [-0.39, 0.29) is 12.5 Å². The zero-order valence-corrected chi connectivity index (χ0v) is 10.9. The van der Waals surface area contributed by atoms with Gasteiger partial charge in [-0.15, -0.1) is 11.3 Å². The number of thiophene rings is 1. The molecule has 0 saturated heterocycles. The second kappa shape index (κ2) is 5.39. The number of methoxy groups -OCH3 is 1. The van der Waals surface area contributed by atoms with Crippen molar-refractivity contribution in [2.24, 2.45) is 5.92 Å². The first-order valence-electron chi connectivity index (χ1n) is 5.73. The molecule has 1 heterocycles. The Kier molecular flexibility index (Phi) is 3.86. The molecule has 1 aliphatic carbocycles. The molecule has 0 aromatic carbocycles. The molecule has 0 atom stereocenters. The number of hydrogen-bond donors (Lipinski definition) is 1. The molecule has 2 rings (SSSR count). The van der Waals surface area contributed by atoms with Gasteiger partial charge in [0.15, 0.2) is 0 Å². The van der Waals surface area contributed by atoms with Crippen molar-refractivity contribution < 1.29 is 19.4 Å². The first-order valence-corrected chi connectivity index (χ1v) is 6.61. The van der Waals surface area contributed by atoms with Crippen LogP contribution in [-0.2, 0) is 4.79 Å². The fourth-order valence-electron chi connectivity index (χ4n) is 1.69. The fraction of sp³-hybridized carbons (Fsp3) is 0.500. The van der Waals surface area contributed by atoms with E-state index in [1.165, 1.54) is 23.3 Å². The largest absolute Gasteiger partial charge is 0.496 e. The molecule has 1 saturated carbocycles. The van der Waals surface area contributed by atoms with Crippen LogP contribution in [0.1, 0.15) is 22.5 Å². The predicted octanol–water partition coefficient (Wildman–Crippen LogP) is 1.69. The molecule has 0 unspecified atom stereocenters. The van der Waals surface area contributed by atoms with Gasteiger partial charge < -0.3 is 14.7 Å². The summed E-state index contributed by atoms with van der Waals surface area (Å²) in [5.74, 6) is -0.106. The number of hydrogen-bond acceptors (Lipinski definition) is 4. The highest BCUT2D eigenvalue weighted by Gasteiger charge is 2.29. The summed E-state index contributed by atoms with van der Waals surface area (Å²) in [4.78, 5) is 24.9. The molecule has 1 aromatic heterocycles. The third-order valence-electron chi connectivity index (χ3n) is 2.81. The summed E-state index contributed by atoms with van der Waals surface area (Å²) < 4.78 is 5.02. The van der Waals surface area contributed by atoms with Gasteiger partial charge in [-0.25, -0.2) is 0 Å². The summed E-state index contributed by atoms with van der Waals surface area (Å²) in [6, 6.07) is 1.65. The number of carbonyl (C=O) groups excluding carboxylic acids is 1. The zero-order chi connectivity index (χ0) is 13.1. The number of carboxylic acid groups (broad SMARTS) is 1. The average Bonchev–Trinajstić information content (AvgIpc) is 3.01. The number of rotatable bonds is 6. The molecule has 5 nitrogen and oxygen atoms in total. The van der Waals surface area contributed by atoms with Crippen LogP contribution < -0.4 is 4.74 Å². The summed E-state index contributed by atoms with van der Waals surface area (Å²) >= 11 is 1.28. The van der Waals surface area contributed by atoms with Gasteiger partial charge in [-0.05, 0) is 18.8 Å². The van der Waals surface area contributed by atoms with Gasteiger partial charge in [-0.2, -0.15) is 0 Å². The van der Waals surface area contributed by atoms with Crippen molar-refractivity contribution in [3.8, 4) is 5.75 Å². The van der Waals surface area contributed by atoms with Crippen LogP contribution in [0.25, 0.3) is 0 Å². The Morgan fingerprint density at radius 2 is 2.28 bits per heavy atom. The van der Waals surface area contributed by atoms with E-state index in [1.54, 1.807) is 11.4 Å². The Morgan fingerprint density at radius 3 is 2.78 bits per heavy atom. The summed E-state index contributed by atoms with van der Waals surface area (Å²) in [6.45, 7) is 0.293. The van der Waals surface area contributed by atoms with Gasteiger partial charge in [0.25, 0.3) is 5.91 Å². The van der Waals surface area contributed by atoms with Gasteiger partial charge in [0.05, 0.1) is 12.0 Å². The number of carboxylic acids is 1. The van der Waals surface area contributed by atoms with Crippen molar-refractivity contribution in [1.82, 2.24) is 4.90 Å². The molecule has 0 spiro atoms. The monoisotopic (exact) mass is 269 g/mol. The van der Waals surface area contributed by atoms with Crippen LogP contribution in [0, 0.1) is 5.92 Å². The molecule has 1 aromatic rings. The van der Waals surface area contributed by atoms with Crippen molar-refractivity contribution >= 4 is 23.2 Å². The highest BCUT2D eigenvalue weighted by molar-refractivity contribution is 7.12. The van der Waals surface area contributed by atoms with Crippen molar-refractivity contribution in [2.75, 3.05) is 20.2 Å². The molecule has 1 aliphatic rings. The first kappa shape index (κ1) is 12.9. The minimum absolute atomic E-state index is 0.224. The Labute approximate surface area is 109 Å². The standard InChI is InChI=1S/C12H15NO4S/c1-17-9-4-10(18-7-9)12(16)13(6-11(14)15)5-8-2-3-8/h4,7-8H,2-3,5-6H2,1H3,(H,14,15). The molecule has 0 aliphatic heterocycles. The van der Waals surface area contributed by atoms with E-state index in [9.17, 15) is 9.59 Å². The number of amides is 1. The van der Waals surface area contributed by atoms with Crippen molar-refractivity contribution in [2.45, 2.75) is 12.8 Å². The highest BCUT2D eigenvalue weighted by atomic mass is 32.1. The number of ether oxygens (including phenoxy) is 1. The van der Waals surface area contributed by atoms with E-state index >= 15 is 0 Å². The minimum Gasteiger partial charge on any atom is -0.496 e. The van der Waals surface area contributed by atoms with E-state index in [1.807, 2.05) is 0 Å². The molecule has 6 heteroatoms. The third-order valence-corrected chi connectivity index (χ3v) is 3.71. The lowest BCUT2D eigenvalue weighted by atomic mass is 10.3. The van der Waals surface area contributed by atoms with Crippen LogP contribution in [0.15, 0.2) is 11.4 Å². The number of nitrogens with zero attached hydrogens (tertiary/aromatic N) is 1. The third kappa shape index (κ3) is 3.22. The summed E-state index contributed by atoms with van der Waals surface area (Å²) in [5.41, 5.74) is 0.